The van der Waals surface area contributed by atoms with E-state index < -0.39 is 0 Å². The lowest BCUT2D eigenvalue weighted by Crippen LogP contribution is -2.33. The van der Waals surface area contributed by atoms with Gasteiger partial charge in [0.15, 0.2) is 0 Å². The summed E-state index contributed by atoms with van der Waals surface area (Å²) in [6, 6.07) is 11.4. The van der Waals surface area contributed by atoms with Gasteiger partial charge < -0.3 is 5.32 Å². The van der Waals surface area contributed by atoms with Gasteiger partial charge in [0, 0.05) is 17.1 Å². The Balaban J connectivity index is 1.45. The largest absolute Gasteiger partial charge is 0.349 e. The normalized spacial score (nSPS) is 16.1. The fourth-order valence-corrected chi connectivity index (χ4v) is 4.26. The molecule has 27 heavy (non-hydrogen) atoms. The van der Waals surface area contributed by atoms with Gasteiger partial charge in [-0.3, -0.25) is 9.59 Å². The van der Waals surface area contributed by atoms with E-state index in [-0.39, 0.29) is 36.3 Å². The quantitative estimate of drug-likeness (QED) is 0.748. The fourth-order valence-electron chi connectivity index (χ4n) is 3.16. The van der Waals surface area contributed by atoms with E-state index in [1.54, 1.807) is 42.1 Å². The monoisotopic (exact) mass is 384 g/mol. The standard InChI is InChI=1S/C19H17FN4O2S/c20-12-5-6-17-14(11-12)15(8-10-27-17)21-18(25)7-9-24-19(26)13-3-1-2-4-16(13)22-23-24/h1-6,11,15H,7-10H2,(H,21,25). The molecule has 0 spiro atoms. The van der Waals surface area contributed by atoms with Crippen LogP contribution in [0.5, 0.6) is 0 Å². The van der Waals surface area contributed by atoms with Gasteiger partial charge >= 0.3 is 0 Å². The molecule has 0 radical (unpaired) electrons. The molecule has 3 aromatic rings. The van der Waals surface area contributed by atoms with Crippen molar-refractivity contribution in [3.63, 3.8) is 0 Å². The molecule has 1 amide bonds. The summed E-state index contributed by atoms with van der Waals surface area (Å²) in [4.78, 5) is 25.8. The lowest BCUT2D eigenvalue weighted by atomic mass is 10.0. The third-order valence-electron chi connectivity index (χ3n) is 4.53. The van der Waals surface area contributed by atoms with Crippen LogP contribution in [0.4, 0.5) is 4.39 Å². The van der Waals surface area contributed by atoms with Crippen LogP contribution in [0.3, 0.4) is 0 Å². The maximum atomic E-state index is 13.6. The van der Waals surface area contributed by atoms with E-state index in [0.29, 0.717) is 10.9 Å². The highest BCUT2D eigenvalue weighted by Crippen LogP contribution is 2.36. The molecule has 1 aliphatic rings. The summed E-state index contributed by atoms with van der Waals surface area (Å²) < 4.78 is 14.8. The van der Waals surface area contributed by atoms with E-state index in [0.717, 1.165) is 22.6 Å². The molecule has 4 rings (SSSR count). The first kappa shape index (κ1) is 17.7. The molecule has 1 aromatic heterocycles. The highest BCUT2D eigenvalue weighted by Gasteiger charge is 2.23. The first-order valence-electron chi connectivity index (χ1n) is 8.66. The number of fused-ring (bicyclic) bond motifs is 2. The number of nitrogens with one attached hydrogen (secondary N) is 1. The number of amides is 1. The maximum Gasteiger partial charge on any atom is 0.277 e. The van der Waals surface area contributed by atoms with Crippen molar-refractivity contribution in [3.8, 4) is 0 Å². The number of halogens is 1. The van der Waals surface area contributed by atoms with Gasteiger partial charge in [0.25, 0.3) is 5.56 Å². The summed E-state index contributed by atoms with van der Waals surface area (Å²) in [5.41, 5.74) is 1.07. The molecule has 1 atom stereocenters. The van der Waals surface area contributed by atoms with Gasteiger partial charge in [-0.2, -0.15) is 0 Å². The van der Waals surface area contributed by atoms with Gasteiger partial charge in [-0.05, 0) is 42.3 Å². The number of hydrogen-bond donors (Lipinski definition) is 1. The van der Waals surface area contributed by atoms with Crippen LogP contribution in [0.2, 0.25) is 0 Å². The van der Waals surface area contributed by atoms with E-state index in [9.17, 15) is 14.0 Å². The SMILES string of the molecule is O=C(CCn1nnc2ccccc2c1=O)NC1CCSc2ccc(F)cc21. The minimum atomic E-state index is -0.312. The van der Waals surface area contributed by atoms with Gasteiger partial charge in [0.1, 0.15) is 11.3 Å². The number of aromatic nitrogens is 3. The zero-order valence-electron chi connectivity index (χ0n) is 14.4. The lowest BCUT2D eigenvalue weighted by Gasteiger charge is -2.26. The summed E-state index contributed by atoms with van der Waals surface area (Å²) >= 11 is 1.66. The molecule has 138 valence electrons. The van der Waals surface area contributed by atoms with Crippen LogP contribution < -0.4 is 10.9 Å². The fraction of sp³-hybridized carbons (Fsp3) is 0.263. The van der Waals surface area contributed by atoms with Gasteiger partial charge in [0.2, 0.25) is 5.91 Å². The van der Waals surface area contributed by atoms with Crippen LogP contribution in [-0.2, 0) is 11.3 Å². The first-order valence-corrected chi connectivity index (χ1v) is 9.64. The molecule has 1 aliphatic heterocycles. The zero-order chi connectivity index (χ0) is 18.8. The Labute approximate surface area is 158 Å². The third-order valence-corrected chi connectivity index (χ3v) is 5.65. The van der Waals surface area contributed by atoms with Crippen molar-refractivity contribution in [2.75, 3.05) is 5.75 Å². The Hall–Kier alpha value is -2.74. The van der Waals surface area contributed by atoms with Crippen LogP contribution >= 0.6 is 11.8 Å². The highest BCUT2D eigenvalue weighted by molar-refractivity contribution is 7.99. The first-order chi connectivity index (χ1) is 13.1. The van der Waals surface area contributed by atoms with Crippen molar-refractivity contribution in [2.45, 2.75) is 30.3 Å². The number of hydrogen-bond acceptors (Lipinski definition) is 5. The van der Waals surface area contributed by atoms with Crippen molar-refractivity contribution in [1.82, 2.24) is 20.3 Å². The van der Waals surface area contributed by atoms with Crippen LogP contribution in [0, 0.1) is 5.82 Å². The second-order valence-electron chi connectivity index (χ2n) is 6.32. The topological polar surface area (TPSA) is 76.9 Å². The van der Waals surface area contributed by atoms with Gasteiger partial charge in [0.05, 0.1) is 18.0 Å². The van der Waals surface area contributed by atoms with Crippen LogP contribution in [0.25, 0.3) is 10.9 Å². The Kier molecular flexibility index (Phi) is 4.89. The molecule has 1 unspecified atom stereocenters. The molecule has 0 saturated carbocycles. The molecule has 0 fully saturated rings. The Morgan fingerprint density at radius 2 is 2.15 bits per heavy atom. The van der Waals surface area contributed by atoms with Crippen molar-refractivity contribution in [3.05, 3.63) is 64.2 Å². The van der Waals surface area contributed by atoms with Gasteiger partial charge in [-0.25, -0.2) is 9.07 Å². The molecular formula is C19H17FN4O2S. The van der Waals surface area contributed by atoms with Gasteiger partial charge in [-0.15, -0.1) is 16.9 Å². The summed E-state index contributed by atoms with van der Waals surface area (Å²) in [5, 5.41) is 11.3. The number of benzene rings is 2. The lowest BCUT2D eigenvalue weighted by molar-refractivity contribution is -0.122. The van der Waals surface area contributed by atoms with E-state index >= 15 is 0 Å². The molecule has 1 N–H and O–H groups in total. The molecular weight excluding hydrogens is 367 g/mol. The number of rotatable bonds is 4. The number of carbonyl (C=O) groups is 1. The smallest absolute Gasteiger partial charge is 0.277 e. The number of aryl methyl sites for hydroxylation is 1. The number of carbonyl (C=O) groups excluding carboxylic acids is 1. The zero-order valence-corrected chi connectivity index (χ0v) is 15.2. The van der Waals surface area contributed by atoms with E-state index in [1.807, 2.05) is 0 Å². The summed E-state index contributed by atoms with van der Waals surface area (Å²) in [6.45, 7) is 0.139. The molecule has 8 heteroatoms. The van der Waals surface area contributed by atoms with Crippen molar-refractivity contribution >= 4 is 28.6 Å². The molecule has 0 aliphatic carbocycles. The molecule has 2 heterocycles. The second-order valence-corrected chi connectivity index (χ2v) is 7.46. The third kappa shape index (κ3) is 3.71. The average molecular weight is 384 g/mol. The summed E-state index contributed by atoms with van der Waals surface area (Å²) in [5.74, 6) is 0.344. The Bertz CT molecular complexity index is 1070. The van der Waals surface area contributed by atoms with Gasteiger partial charge in [-0.1, -0.05) is 17.3 Å². The second kappa shape index (κ2) is 7.48. The van der Waals surface area contributed by atoms with Crippen molar-refractivity contribution < 1.29 is 9.18 Å². The molecule has 0 saturated heterocycles. The molecule has 0 bridgehead atoms. The predicted octanol–water partition coefficient (Wildman–Crippen LogP) is 2.67. The van der Waals surface area contributed by atoms with Crippen molar-refractivity contribution in [2.24, 2.45) is 0 Å². The minimum absolute atomic E-state index is 0.0984. The van der Waals surface area contributed by atoms with Crippen LogP contribution in [-0.4, -0.2) is 26.7 Å². The van der Waals surface area contributed by atoms with Crippen molar-refractivity contribution in [1.29, 1.82) is 0 Å². The van der Waals surface area contributed by atoms with Crippen LogP contribution in [0.1, 0.15) is 24.4 Å². The summed E-state index contributed by atoms with van der Waals surface area (Å²) in [6.07, 6.45) is 0.837. The maximum absolute atomic E-state index is 13.6. The Morgan fingerprint density at radius 1 is 1.30 bits per heavy atom. The Morgan fingerprint density at radius 3 is 3.04 bits per heavy atom. The number of nitrogens with zero attached hydrogens (tertiary/aromatic N) is 3. The highest BCUT2D eigenvalue weighted by atomic mass is 32.2. The minimum Gasteiger partial charge on any atom is -0.349 e. The molecule has 2 aromatic carbocycles. The molecule has 6 nitrogen and oxygen atoms in total. The predicted molar refractivity (Wildman–Crippen MR) is 101 cm³/mol. The van der Waals surface area contributed by atoms with E-state index in [1.165, 1.54) is 16.8 Å². The summed E-state index contributed by atoms with van der Waals surface area (Å²) in [7, 11) is 0. The number of thioether (sulfide) groups is 1. The van der Waals surface area contributed by atoms with Crippen LogP contribution in [0.15, 0.2) is 52.2 Å². The van der Waals surface area contributed by atoms with E-state index in [2.05, 4.69) is 15.6 Å². The van der Waals surface area contributed by atoms with E-state index in [4.69, 9.17) is 0 Å². The average Bonchev–Trinajstić information content (AvgIpc) is 2.68.